The Hall–Kier alpha value is -2.90. The molecule has 0 spiro atoms. The van der Waals surface area contributed by atoms with Crippen molar-refractivity contribution in [2.24, 2.45) is 0 Å². The Morgan fingerprint density at radius 2 is 1.76 bits per heavy atom. The van der Waals surface area contributed by atoms with Gasteiger partial charge in [-0.2, -0.15) is 0 Å². The van der Waals surface area contributed by atoms with Gasteiger partial charge >= 0.3 is 5.69 Å². The van der Waals surface area contributed by atoms with E-state index >= 15 is 0 Å². The van der Waals surface area contributed by atoms with Crippen LogP contribution in [0.25, 0.3) is 11.0 Å². The fourth-order valence-electron chi connectivity index (χ4n) is 3.83. The van der Waals surface area contributed by atoms with Gasteiger partial charge in [0.25, 0.3) is 0 Å². The number of hydrogen-bond acceptors (Lipinski definition) is 4. The number of amides is 1. The van der Waals surface area contributed by atoms with Gasteiger partial charge in [-0.3, -0.25) is 9.69 Å². The molecule has 1 unspecified atom stereocenters. The van der Waals surface area contributed by atoms with Crippen molar-refractivity contribution in [2.75, 3.05) is 38.0 Å². The van der Waals surface area contributed by atoms with Crippen LogP contribution < -0.4 is 11.0 Å². The molecule has 0 bridgehead atoms. The molecular weight excluding hydrogens is 366 g/mol. The average Bonchev–Trinajstić information content (AvgIpc) is 3.12. The van der Waals surface area contributed by atoms with E-state index in [0.717, 1.165) is 44.7 Å². The van der Waals surface area contributed by atoms with Crippen LogP contribution in [0.3, 0.4) is 0 Å². The highest BCUT2D eigenvalue weighted by Crippen LogP contribution is 2.16. The summed E-state index contributed by atoms with van der Waals surface area (Å²) in [5.41, 5.74) is 3.22. The van der Waals surface area contributed by atoms with Crippen LogP contribution in [-0.4, -0.2) is 64.4 Å². The largest absolute Gasteiger partial charge is 0.325 e. The van der Waals surface area contributed by atoms with Gasteiger partial charge in [-0.15, -0.1) is 0 Å². The summed E-state index contributed by atoms with van der Waals surface area (Å²) in [7, 11) is 0. The number of carbonyl (C=O) groups excluding carboxylic acids is 1. The molecule has 1 atom stereocenters. The number of rotatable bonds is 6. The second-order valence-corrected chi connectivity index (χ2v) is 7.62. The Morgan fingerprint density at radius 1 is 1.03 bits per heavy atom. The maximum Gasteiger partial charge on any atom is 0.323 e. The van der Waals surface area contributed by atoms with E-state index in [4.69, 9.17) is 0 Å². The summed E-state index contributed by atoms with van der Waals surface area (Å²) < 4.78 is 0. The third-order valence-electron chi connectivity index (χ3n) is 5.68. The zero-order valence-electron chi connectivity index (χ0n) is 16.6. The highest BCUT2D eigenvalue weighted by molar-refractivity contribution is 5.96. The molecule has 152 valence electrons. The van der Waals surface area contributed by atoms with E-state index in [-0.39, 0.29) is 17.6 Å². The molecule has 3 N–H and O–H groups in total. The highest BCUT2D eigenvalue weighted by atomic mass is 16.2. The lowest BCUT2D eigenvalue weighted by Crippen LogP contribution is -2.53. The first-order chi connectivity index (χ1) is 14.1. The third kappa shape index (κ3) is 4.75. The summed E-state index contributed by atoms with van der Waals surface area (Å²) in [6.07, 6.45) is 1.06. The molecule has 1 aliphatic heterocycles. The first-order valence-electron chi connectivity index (χ1n) is 10.1. The molecule has 0 radical (unpaired) electrons. The van der Waals surface area contributed by atoms with E-state index in [2.05, 4.69) is 49.4 Å². The second-order valence-electron chi connectivity index (χ2n) is 7.62. The number of imidazole rings is 1. The molecular formula is C22H27N5O2. The van der Waals surface area contributed by atoms with Gasteiger partial charge in [-0.25, -0.2) is 4.79 Å². The molecule has 1 aliphatic rings. The van der Waals surface area contributed by atoms with Crippen molar-refractivity contribution in [3.63, 3.8) is 0 Å². The molecule has 1 saturated heterocycles. The molecule has 1 fully saturated rings. The third-order valence-corrected chi connectivity index (χ3v) is 5.68. The Morgan fingerprint density at radius 3 is 2.52 bits per heavy atom. The molecule has 3 aromatic rings. The van der Waals surface area contributed by atoms with Crippen molar-refractivity contribution < 1.29 is 4.79 Å². The van der Waals surface area contributed by atoms with Gasteiger partial charge in [0.1, 0.15) is 0 Å². The minimum atomic E-state index is -0.248. The lowest BCUT2D eigenvalue weighted by Gasteiger charge is -2.37. The summed E-state index contributed by atoms with van der Waals surface area (Å²) in [5, 5.41) is 2.97. The van der Waals surface area contributed by atoms with Crippen LogP contribution >= 0.6 is 0 Å². The zero-order valence-corrected chi connectivity index (χ0v) is 16.6. The fourth-order valence-corrected chi connectivity index (χ4v) is 3.83. The van der Waals surface area contributed by atoms with Crippen LogP contribution in [0, 0.1) is 0 Å². The van der Waals surface area contributed by atoms with E-state index in [1.165, 1.54) is 5.56 Å². The Labute approximate surface area is 169 Å². The molecule has 7 heteroatoms. The minimum absolute atomic E-state index is 0.0278. The van der Waals surface area contributed by atoms with Crippen LogP contribution in [0.15, 0.2) is 53.3 Å². The minimum Gasteiger partial charge on any atom is -0.325 e. The number of aromatic nitrogens is 2. The van der Waals surface area contributed by atoms with Gasteiger partial charge in [0.2, 0.25) is 5.91 Å². The number of hydrogen-bond donors (Lipinski definition) is 3. The smallest absolute Gasteiger partial charge is 0.323 e. The van der Waals surface area contributed by atoms with Crippen LogP contribution in [0.5, 0.6) is 0 Å². The molecule has 4 rings (SSSR count). The molecule has 2 heterocycles. The molecule has 7 nitrogen and oxygen atoms in total. The predicted octanol–water partition coefficient (Wildman–Crippen LogP) is 2.04. The lowest BCUT2D eigenvalue weighted by molar-refractivity contribution is -0.121. The van der Waals surface area contributed by atoms with Gasteiger partial charge in [0.05, 0.1) is 17.1 Å². The van der Waals surface area contributed by atoms with Crippen molar-refractivity contribution >= 4 is 22.6 Å². The normalized spacial score (nSPS) is 16.7. The van der Waals surface area contributed by atoms with E-state index in [1.807, 2.05) is 13.0 Å². The van der Waals surface area contributed by atoms with Crippen molar-refractivity contribution in [3.8, 4) is 0 Å². The number of nitrogens with zero attached hydrogens (tertiary/aromatic N) is 2. The predicted molar refractivity (Wildman–Crippen MR) is 115 cm³/mol. The van der Waals surface area contributed by atoms with Crippen molar-refractivity contribution in [2.45, 2.75) is 19.4 Å². The number of H-pyrrole nitrogens is 2. The van der Waals surface area contributed by atoms with Crippen molar-refractivity contribution in [1.82, 2.24) is 19.8 Å². The Balaban J connectivity index is 1.27. The second kappa shape index (κ2) is 8.63. The maximum atomic E-state index is 12.7. The van der Waals surface area contributed by atoms with Crippen molar-refractivity contribution in [1.29, 1.82) is 0 Å². The Bertz CT molecular complexity index is 1020. The van der Waals surface area contributed by atoms with Gasteiger partial charge in [0, 0.05) is 38.4 Å². The summed E-state index contributed by atoms with van der Waals surface area (Å²) in [6, 6.07) is 15.7. The number of aromatic amines is 2. The zero-order chi connectivity index (χ0) is 20.2. The number of benzene rings is 2. The molecule has 1 aromatic heterocycles. The molecule has 0 saturated carbocycles. The number of anilines is 1. The highest BCUT2D eigenvalue weighted by Gasteiger charge is 2.25. The summed E-state index contributed by atoms with van der Waals surface area (Å²) in [6.45, 7) is 6.71. The summed E-state index contributed by atoms with van der Waals surface area (Å²) in [4.78, 5) is 34.2. The van der Waals surface area contributed by atoms with Crippen LogP contribution in [-0.2, 0) is 11.2 Å². The van der Waals surface area contributed by atoms with Crippen LogP contribution in [0.4, 0.5) is 5.69 Å². The lowest BCUT2D eigenvalue weighted by atomic mass is 10.1. The van der Waals surface area contributed by atoms with E-state index in [1.54, 1.807) is 18.2 Å². The quantitative estimate of drug-likeness (QED) is 0.598. The fraction of sp³-hybridized carbons (Fsp3) is 0.364. The molecule has 1 amide bonds. The molecule has 29 heavy (non-hydrogen) atoms. The Kier molecular flexibility index (Phi) is 5.78. The number of fused-ring (bicyclic) bond motifs is 1. The van der Waals surface area contributed by atoms with E-state index in [9.17, 15) is 9.59 Å². The van der Waals surface area contributed by atoms with Gasteiger partial charge in [-0.1, -0.05) is 30.3 Å². The number of nitrogens with one attached hydrogen (secondary N) is 3. The average molecular weight is 393 g/mol. The van der Waals surface area contributed by atoms with Gasteiger partial charge in [0.15, 0.2) is 0 Å². The molecule has 0 aliphatic carbocycles. The van der Waals surface area contributed by atoms with Gasteiger partial charge < -0.3 is 20.2 Å². The monoisotopic (exact) mass is 393 g/mol. The van der Waals surface area contributed by atoms with E-state index < -0.39 is 0 Å². The first-order valence-corrected chi connectivity index (χ1v) is 10.1. The maximum absolute atomic E-state index is 12.7. The SMILES string of the molecule is CC(C(=O)Nc1ccc2[nH]c(=O)[nH]c2c1)N1CCN(CCc2ccccc2)CC1. The number of carbonyl (C=O) groups is 1. The summed E-state index contributed by atoms with van der Waals surface area (Å²) >= 11 is 0. The van der Waals surface area contributed by atoms with Gasteiger partial charge in [-0.05, 0) is 37.1 Å². The van der Waals surface area contributed by atoms with Crippen LogP contribution in [0.1, 0.15) is 12.5 Å². The molecule has 2 aromatic carbocycles. The van der Waals surface area contributed by atoms with Crippen LogP contribution in [0.2, 0.25) is 0 Å². The number of piperazine rings is 1. The first kappa shape index (κ1) is 19.4. The van der Waals surface area contributed by atoms with Crippen molar-refractivity contribution in [3.05, 3.63) is 64.6 Å². The van der Waals surface area contributed by atoms with E-state index in [0.29, 0.717) is 11.2 Å². The summed E-state index contributed by atoms with van der Waals surface area (Å²) in [5.74, 6) is -0.0278. The topological polar surface area (TPSA) is 84.2 Å². The standard InChI is InChI=1S/C22H27N5O2/c1-16(21(28)23-18-7-8-19-20(15-18)25-22(29)24-19)27-13-11-26(12-14-27)10-9-17-5-3-2-4-6-17/h2-8,15-16H,9-14H2,1H3,(H,23,28)(H2,24,25,29).